The molecule has 0 saturated carbocycles. The predicted molar refractivity (Wildman–Crippen MR) is 101 cm³/mol. The topological polar surface area (TPSA) is 107 Å². The maximum Gasteiger partial charge on any atom is 0.174 e. The van der Waals surface area contributed by atoms with Gasteiger partial charge in [-0.2, -0.15) is 0 Å². The molecule has 0 fully saturated rings. The highest BCUT2D eigenvalue weighted by molar-refractivity contribution is 6.03. The Morgan fingerprint density at radius 3 is 2.36 bits per heavy atom. The van der Waals surface area contributed by atoms with E-state index in [0.717, 1.165) is 0 Å². The molecular weight excluding hydrogens is 360 g/mol. The van der Waals surface area contributed by atoms with Crippen LogP contribution in [-0.4, -0.2) is 26.2 Å². The second kappa shape index (κ2) is 6.81. The third kappa shape index (κ3) is 3.09. The molecule has 6 heteroatoms. The van der Waals surface area contributed by atoms with E-state index in [0.29, 0.717) is 11.1 Å². The van der Waals surface area contributed by atoms with Gasteiger partial charge in [0.2, 0.25) is 0 Å². The fraction of sp³-hybridized carbons (Fsp3) is 0.136. The summed E-state index contributed by atoms with van der Waals surface area (Å²) in [5, 5.41) is 40.4. The Morgan fingerprint density at radius 2 is 1.64 bits per heavy atom. The van der Waals surface area contributed by atoms with Gasteiger partial charge in [0.15, 0.2) is 5.78 Å². The summed E-state index contributed by atoms with van der Waals surface area (Å²) in [4.78, 5) is 12.7. The minimum absolute atomic E-state index is 0.0200. The maximum atomic E-state index is 12.7. The van der Waals surface area contributed by atoms with Crippen molar-refractivity contribution in [3.8, 4) is 28.7 Å². The van der Waals surface area contributed by atoms with Gasteiger partial charge in [-0.1, -0.05) is 30.3 Å². The Bertz CT molecular complexity index is 1060. The Hall–Kier alpha value is -3.67. The fourth-order valence-corrected chi connectivity index (χ4v) is 3.40. The van der Waals surface area contributed by atoms with Crippen molar-refractivity contribution in [1.82, 2.24) is 0 Å². The Labute approximate surface area is 160 Å². The van der Waals surface area contributed by atoms with Crippen molar-refractivity contribution in [2.45, 2.75) is 18.9 Å². The molecule has 0 radical (unpaired) electrons. The van der Waals surface area contributed by atoms with Crippen LogP contribution in [0.2, 0.25) is 0 Å². The smallest absolute Gasteiger partial charge is 0.174 e. The molecule has 1 aliphatic rings. The van der Waals surface area contributed by atoms with Crippen LogP contribution in [0, 0.1) is 0 Å². The number of rotatable bonds is 3. The lowest BCUT2D eigenvalue weighted by molar-refractivity contribution is 0.0844. The number of phenolic OH excluding ortho intramolecular Hbond substituents is 4. The minimum atomic E-state index is -0.580. The first-order valence-electron chi connectivity index (χ1n) is 8.77. The standard InChI is InChI=1S/C22H18O6/c23-14-7-5-12(6-8-14)19-11-18(26)21-20(28-19)10-17(25)15(22(21)27)9-13-3-1-2-4-16(13)24/h1-8,10,19,23-25,27H,9,11H2/t19-/m1/s1. The molecule has 1 heterocycles. The number of benzene rings is 3. The monoisotopic (exact) mass is 378 g/mol. The normalized spacial score (nSPS) is 15.7. The van der Waals surface area contributed by atoms with Gasteiger partial charge < -0.3 is 25.2 Å². The summed E-state index contributed by atoms with van der Waals surface area (Å²) in [7, 11) is 0. The summed E-state index contributed by atoms with van der Waals surface area (Å²) < 4.78 is 5.85. The number of ether oxygens (including phenoxy) is 1. The minimum Gasteiger partial charge on any atom is -0.508 e. The summed E-state index contributed by atoms with van der Waals surface area (Å²) in [6, 6.07) is 14.2. The molecule has 1 aliphatic heterocycles. The lowest BCUT2D eigenvalue weighted by Crippen LogP contribution is -2.21. The predicted octanol–water partition coefficient (Wildman–Crippen LogP) is 3.81. The van der Waals surface area contributed by atoms with Crippen LogP contribution in [0.5, 0.6) is 28.7 Å². The molecule has 28 heavy (non-hydrogen) atoms. The molecule has 4 rings (SSSR count). The zero-order valence-corrected chi connectivity index (χ0v) is 14.8. The number of aromatic hydroxyl groups is 4. The molecule has 0 saturated heterocycles. The van der Waals surface area contributed by atoms with E-state index in [4.69, 9.17) is 4.74 Å². The first-order valence-corrected chi connectivity index (χ1v) is 8.77. The van der Waals surface area contributed by atoms with Crippen LogP contribution >= 0.6 is 0 Å². The number of hydrogen-bond donors (Lipinski definition) is 4. The SMILES string of the molecule is O=C1C[C@H](c2ccc(O)cc2)Oc2cc(O)c(Cc3ccccc3O)c(O)c21. The van der Waals surface area contributed by atoms with E-state index in [9.17, 15) is 25.2 Å². The van der Waals surface area contributed by atoms with Gasteiger partial charge in [-0.3, -0.25) is 4.79 Å². The highest BCUT2D eigenvalue weighted by atomic mass is 16.5. The van der Waals surface area contributed by atoms with E-state index in [1.54, 1.807) is 30.3 Å². The highest BCUT2D eigenvalue weighted by Gasteiger charge is 2.32. The number of hydrogen-bond acceptors (Lipinski definition) is 6. The zero-order valence-electron chi connectivity index (χ0n) is 14.8. The van der Waals surface area contributed by atoms with Crippen LogP contribution in [0.3, 0.4) is 0 Å². The molecule has 0 spiro atoms. The number of para-hydroxylation sites is 1. The van der Waals surface area contributed by atoms with Crippen molar-refractivity contribution in [3.05, 3.63) is 76.9 Å². The van der Waals surface area contributed by atoms with Crippen LogP contribution in [0.15, 0.2) is 54.6 Å². The van der Waals surface area contributed by atoms with Crippen LogP contribution in [0.4, 0.5) is 0 Å². The Morgan fingerprint density at radius 1 is 0.929 bits per heavy atom. The second-order valence-corrected chi connectivity index (χ2v) is 6.73. The van der Waals surface area contributed by atoms with Crippen molar-refractivity contribution in [2.75, 3.05) is 0 Å². The van der Waals surface area contributed by atoms with Crippen LogP contribution in [-0.2, 0) is 6.42 Å². The van der Waals surface area contributed by atoms with Gasteiger partial charge >= 0.3 is 0 Å². The van der Waals surface area contributed by atoms with Crippen molar-refractivity contribution >= 4 is 5.78 Å². The molecule has 142 valence electrons. The second-order valence-electron chi connectivity index (χ2n) is 6.73. The average molecular weight is 378 g/mol. The molecule has 0 amide bonds. The van der Waals surface area contributed by atoms with E-state index >= 15 is 0 Å². The lowest BCUT2D eigenvalue weighted by atomic mass is 9.92. The summed E-state index contributed by atoms with van der Waals surface area (Å²) in [5.74, 6) is -0.629. The number of fused-ring (bicyclic) bond motifs is 1. The van der Waals surface area contributed by atoms with Gasteiger partial charge in [0.1, 0.15) is 40.4 Å². The summed E-state index contributed by atoms with van der Waals surface area (Å²) in [6.07, 6.45) is -0.498. The number of ketones is 1. The van der Waals surface area contributed by atoms with Crippen LogP contribution in [0.25, 0.3) is 0 Å². The maximum absolute atomic E-state index is 12.7. The van der Waals surface area contributed by atoms with Crippen molar-refractivity contribution in [1.29, 1.82) is 0 Å². The van der Waals surface area contributed by atoms with Crippen molar-refractivity contribution in [2.24, 2.45) is 0 Å². The van der Waals surface area contributed by atoms with Crippen molar-refractivity contribution < 1.29 is 30.0 Å². The number of phenols is 4. The molecule has 0 bridgehead atoms. The molecule has 1 atom stereocenters. The van der Waals surface area contributed by atoms with E-state index in [1.165, 1.54) is 24.3 Å². The molecule has 4 N–H and O–H groups in total. The van der Waals surface area contributed by atoms with Gasteiger partial charge in [0, 0.05) is 18.1 Å². The largest absolute Gasteiger partial charge is 0.508 e. The quantitative estimate of drug-likeness (QED) is 0.552. The Balaban J connectivity index is 1.71. The molecule has 0 unspecified atom stereocenters. The van der Waals surface area contributed by atoms with Crippen LogP contribution in [0.1, 0.15) is 39.6 Å². The summed E-state index contributed by atoms with van der Waals surface area (Å²) in [5.41, 5.74) is 1.40. The molecular formula is C22H18O6. The lowest BCUT2D eigenvalue weighted by Gasteiger charge is -2.27. The van der Waals surface area contributed by atoms with Crippen molar-refractivity contribution in [3.63, 3.8) is 0 Å². The van der Waals surface area contributed by atoms with Gasteiger partial charge in [0.05, 0.1) is 6.42 Å². The summed E-state index contributed by atoms with van der Waals surface area (Å²) >= 11 is 0. The molecule has 3 aromatic rings. The van der Waals surface area contributed by atoms with E-state index in [-0.39, 0.29) is 58.5 Å². The number of Topliss-reactive ketones (excluding diaryl/α,β-unsaturated/α-hetero) is 1. The first-order chi connectivity index (χ1) is 13.4. The van der Waals surface area contributed by atoms with E-state index < -0.39 is 6.10 Å². The Kier molecular flexibility index (Phi) is 4.31. The molecule has 6 nitrogen and oxygen atoms in total. The van der Waals surface area contributed by atoms with Gasteiger partial charge in [-0.25, -0.2) is 0 Å². The third-order valence-electron chi connectivity index (χ3n) is 4.89. The molecule has 0 aromatic heterocycles. The zero-order chi connectivity index (χ0) is 19.8. The van der Waals surface area contributed by atoms with E-state index in [2.05, 4.69) is 0 Å². The molecule has 0 aliphatic carbocycles. The van der Waals surface area contributed by atoms with Gasteiger partial charge in [0.25, 0.3) is 0 Å². The summed E-state index contributed by atoms with van der Waals surface area (Å²) in [6.45, 7) is 0. The van der Waals surface area contributed by atoms with E-state index in [1.807, 2.05) is 0 Å². The van der Waals surface area contributed by atoms with Gasteiger partial charge in [-0.15, -0.1) is 0 Å². The number of carbonyl (C=O) groups is 1. The van der Waals surface area contributed by atoms with Gasteiger partial charge in [-0.05, 0) is 29.3 Å². The molecule has 3 aromatic carbocycles. The van der Waals surface area contributed by atoms with Crippen LogP contribution < -0.4 is 4.74 Å². The highest BCUT2D eigenvalue weighted by Crippen LogP contribution is 2.45. The fourth-order valence-electron chi connectivity index (χ4n) is 3.40. The first kappa shape index (κ1) is 17.7. The number of carbonyl (C=O) groups excluding carboxylic acids is 1. The third-order valence-corrected chi connectivity index (χ3v) is 4.89. The average Bonchev–Trinajstić information content (AvgIpc) is 2.66.